The van der Waals surface area contributed by atoms with Crippen molar-refractivity contribution in [2.24, 2.45) is 5.73 Å². The van der Waals surface area contributed by atoms with E-state index in [1.165, 1.54) is 109 Å². The molecule has 0 saturated heterocycles. The summed E-state index contributed by atoms with van der Waals surface area (Å²) in [7, 11) is 0. The molecule has 25 heavy (non-hydrogen) atoms. The van der Waals surface area contributed by atoms with Gasteiger partial charge in [0, 0.05) is 5.57 Å². The number of allylic oxidation sites excluding steroid dienone is 1. The third-order valence-electron chi connectivity index (χ3n) is 5.15. The molecule has 0 radical (unpaired) electrons. The zero-order valence-electron chi connectivity index (χ0n) is 17.3. The SMILES string of the molecule is CCCCCCCCCCCCCCCCCCC/C=C(\C)C(N)=O. The highest BCUT2D eigenvalue weighted by atomic mass is 16.1. The van der Waals surface area contributed by atoms with E-state index in [1.54, 1.807) is 6.92 Å². The van der Waals surface area contributed by atoms with Crippen molar-refractivity contribution in [3.63, 3.8) is 0 Å². The Balaban J connectivity index is 3.10. The summed E-state index contributed by atoms with van der Waals surface area (Å²) in [5.74, 6) is -0.285. The lowest BCUT2D eigenvalue weighted by atomic mass is 10.0. The molecule has 0 aromatic carbocycles. The van der Waals surface area contributed by atoms with Crippen molar-refractivity contribution in [2.45, 2.75) is 129 Å². The molecule has 0 saturated carbocycles. The van der Waals surface area contributed by atoms with Crippen LogP contribution in [-0.2, 0) is 4.79 Å². The number of unbranched alkanes of at least 4 members (excludes halogenated alkanes) is 17. The van der Waals surface area contributed by atoms with Gasteiger partial charge in [0.15, 0.2) is 0 Å². The number of hydrogen-bond acceptors (Lipinski definition) is 1. The summed E-state index contributed by atoms with van der Waals surface area (Å²) in [6.07, 6.45) is 26.8. The Kier molecular flexibility index (Phi) is 18.9. The second kappa shape index (κ2) is 19.5. The number of nitrogens with two attached hydrogens (primary N) is 1. The van der Waals surface area contributed by atoms with Crippen LogP contribution in [0, 0.1) is 0 Å². The largest absolute Gasteiger partial charge is 0.366 e. The number of carbonyl (C=O) groups excluding carboxylic acids is 1. The molecule has 0 spiro atoms. The summed E-state index contributed by atoms with van der Waals surface area (Å²) in [5.41, 5.74) is 5.91. The van der Waals surface area contributed by atoms with Crippen LogP contribution in [0.25, 0.3) is 0 Å². The van der Waals surface area contributed by atoms with Gasteiger partial charge in [-0.05, 0) is 19.8 Å². The van der Waals surface area contributed by atoms with E-state index in [1.807, 2.05) is 6.08 Å². The van der Waals surface area contributed by atoms with Gasteiger partial charge >= 0.3 is 0 Å². The maximum absolute atomic E-state index is 10.9. The van der Waals surface area contributed by atoms with Gasteiger partial charge in [-0.2, -0.15) is 0 Å². The normalized spacial score (nSPS) is 11.8. The van der Waals surface area contributed by atoms with Crippen LogP contribution in [0.3, 0.4) is 0 Å². The summed E-state index contributed by atoms with van der Waals surface area (Å²) in [6, 6.07) is 0. The Bertz CT molecular complexity index is 322. The van der Waals surface area contributed by atoms with Crippen molar-refractivity contribution < 1.29 is 4.79 Å². The van der Waals surface area contributed by atoms with Gasteiger partial charge in [0.2, 0.25) is 5.91 Å². The van der Waals surface area contributed by atoms with Crippen molar-refractivity contribution in [1.29, 1.82) is 0 Å². The van der Waals surface area contributed by atoms with Gasteiger partial charge in [-0.15, -0.1) is 0 Å². The monoisotopic (exact) mass is 351 g/mol. The third-order valence-corrected chi connectivity index (χ3v) is 5.15. The molecule has 0 aromatic rings. The Morgan fingerprint density at radius 3 is 1.28 bits per heavy atom. The molecule has 0 bridgehead atoms. The Morgan fingerprint density at radius 1 is 0.640 bits per heavy atom. The summed E-state index contributed by atoms with van der Waals surface area (Å²) in [6.45, 7) is 4.09. The van der Waals surface area contributed by atoms with Crippen LogP contribution in [0.5, 0.6) is 0 Å². The van der Waals surface area contributed by atoms with Gasteiger partial charge in [-0.3, -0.25) is 4.79 Å². The van der Waals surface area contributed by atoms with Gasteiger partial charge in [-0.1, -0.05) is 116 Å². The summed E-state index contributed by atoms with van der Waals surface area (Å²) in [5, 5.41) is 0. The molecule has 0 heterocycles. The zero-order valence-corrected chi connectivity index (χ0v) is 17.3. The Labute approximate surface area is 158 Å². The molecule has 2 nitrogen and oxygen atoms in total. The van der Waals surface area contributed by atoms with Crippen LogP contribution in [-0.4, -0.2) is 5.91 Å². The highest BCUT2D eigenvalue weighted by Gasteiger charge is 1.96. The molecule has 1 amide bonds. The molecule has 2 N–H and O–H groups in total. The van der Waals surface area contributed by atoms with Gasteiger partial charge in [0.05, 0.1) is 0 Å². The first-order valence-electron chi connectivity index (χ1n) is 11.1. The van der Waals surface area contributed by atoms with Gasteiger partial charge in [0.1, 0.15) is 0 Å². The summed E-state index contributed by atoms with van der Waals surface area (Å²) < 4.78 is 0. The molecule has 0 aliphatic rings. The molecular weight excluding hydrogens is 306 g/mol. The van der Waals surface area contributed by atoms with E-state index in [2.05, 4.69) is 6.92 Å². The van der Waals surface area contributed by atoms with Gasteiger partial charge in [-0.25, -0.2) is 0 Å². The zero-order chi connectivity index (χ0) is 18.6. The average molecular weight is 352 g/mol. The highest BCUT2D eigenvalue weighted by Crippen LogP contribution is 2.14. The molecule has 0 aromatic heterocycles. The lowest BCUT2D eigenvalue weighted by molar-refractivity contribution is -0.114. The second-order valence-corrected chi connectivity index (χ2v) is 7.70. The van der Waals surface area contributed by atoms with E-state index >= 15 is 0 Å². The molecule has 0 unspecified atom stereocenters. The van der Waals surface area contributed by atoms with E-state index in [9.17, 15) is 4.79 Å². The maximum Gasteiger partial charge on any atom is 0.244 e. The summed E-state index contributed by atoms with van der Waals surface area (Å²) >= 11 is 0. The standard InChI is InChI=1S/C23H45NO/c1-3-4-5-6-7-8-9-10-11-12-13-14-15-16-17-18-19-20-21-22(2)23(24)25/h21H,3-20H2,1-2H3,(H2,24,25)/b22-21+. The predicted molar refractivity (Wildman–Crippen MR) is 112 cm³/mol. The Morgan fingerprint density at radius 2 is 0.960 bits per heavy atom. The first kappa shape index (κ1) is 24.2. The molecule has 0 fully saturated rings. The van der Waals surface area contributed by atoms with Crippen molar-refractivity contribution >= 4 is 5.91 Å². The van der Waals surface area contributed by atoms with E-state index in [0.717, 1.165) is 6.42 Å². The molecule has 0 aliphatic heterocycles. The van der Waals surface area contributed by atoms with Crippen LogP contribution in [0.2, 0.25) is 0 Å². The van der Waals surface area contributed by atoms with Crippen LogP contribution < -0.4 is 5.73 Å². The third kappa shape index (κ3) is 19.4. The van der Waals surface area contributed by atoms with Crippen LogP contribution in [0.4, 0.5) is 0 Å². The van der Waals surface area contributed by atoms with E-state index < -0.39 is 0 Å². The van der Waals surface area contributed by atoms with Crippen LogP contribution in [0.15, 0.2) is 11.6 Å². The number of carbonyl (C=O) groups is 1. The van der Waals surface area contributed by atoms with E-state index in [0.29, 0.717) is 5.57 Å². The fraction of sp³-hybridized carbons (Fsp3) is 0.870. The quantitative estimate of drug-likeness (QED) is 0.190. The second-order valence-electron chi connectivity index (χ2n) is 7.70. The fourth-order valence-corrected chi connectivity index (χ4v) is 3.29. The molecular formula is C23H45NO. The number of hydrogen-bond donors (Lipinski definition) is 1. The number of amides is 1. The number of rotatable bonds is 19. The molecule has 0 atom stereocenters. The fourth-order valence-electron chi connectivity index (χ4n) is 3.29. The lowest BCUT2D eigenvalue weighted by Crippen LogP contribution is -2.11. The van der Waals surface area contributed by atoms with Crippen LogP contribution >= 0.6 is 0 Å². The minimum atomic E-state index is -0.285. The minimum Gasteiger partial charge on any atom is -0.366 e. The lowest BCUT2D eigenvalue weighted by Gasteiger charge is -2.03. The van der Waals surface area contributed by atoms with E-state index in [4.69, 9.17) is 5.73 Å². The van der Waals surface area contributed by atoms with Crippen molar-refractivity contribution in [1.82, 2.24) is 0 Å². The molecule has 0 rings (SSSR count). The molecule has 2 heteroatoms. The van der Waals surface area contributed by atoms with E-state index in [-0.39, 0.29) is 5.91 Å². The minimum absolute atomic E-state index is 0.285. The predicted octanol–water partition coefficient (Wildman–Crippen LogP) is 7.46. The topological polar surface area (TPSA) is 43.1 Å². The number of primary amides is 1. The van der Waals surface area contributed by atoms with Gasteiger partial charge in [0.25, 0.3) is 0 Å². The molecule has 0 aliphatic carbocycles. The summed E-state index contributed by atoms with van der Waals surface area (Å²) in [4.78, 5) is 10.9. The van der Waals surface area contributed by atoms with Crippen molar-refractivity contribution in [2.75, 3.05) is 0 Å². The average Bonchev–Trinajstić information content (AvgIpc) is 2.60. The van der Waals surface area contributed by atoms with Gasteiger partial charge < -0.3 is 5.73 Å². The molecule has 148 valence electrons. The smallest absolute Gasteiger partial charge is 0.244 e. The first-order valence-corrected chi connectivity index (χ1v) is 11.1. The maximum atomic E-state index is 10.9. The van der Waals surface area contributed by atoms with Crippen LogP contribution in [0.1, 0.15) is 129 Å². The highest BCUT2D eigenvalue weighted by molar-refractivity contribution is 5.91. The van der Waals surface area contributed by atoms with Crippen molar-refractivity contribution in [3.8, 4) is 0 Å². The Hall–Kier alpha value is -0.790. The first-order chi connectivity index (χ1) is 12.2. The van der Waals surface area contributed by atoms with Crippen molar-refractivity contribution in [3.05, 3.63) is 11.6 Å².